The third kappa shape index (κ3) is 1.37. The van der Waals surface area contributed by atoms with Gasteiger partial charge in [0.25, 0.3) is 0 Å². The third-order valence-corrected chi connectivity index (χ3v) is 2.36. The fourth-order valence-electron chi connectivity index (χ4n) is 1.60. The van der Waals surface area contributed by atoms with Crippen LogP contribution in [-0.4, -0.2) is 35.4 Å². The summed E-state index contributed by atoms with van der Waals surface area (Å²) in [5, 5.41) is 2.75. The van der Waals surface area contributed by atoms with Gasteiger partial charge in [-0.3, -0.25) is 0 Å². The third-order valence-electron chi connectivity index (χ3n) is 2.36. The second kappa shape index (κ2) is 3.33. The van der Waals surface area contributed by atoms with Gasteiger partial charge in [-0.15, -0.1) is 0 Å². The molecule has 0 aliphatic carbocycles. The average Bonchev–Trinajstić information content (AvgIpc) is 2.12. The molecule has 0 aromatic heterocycles. The minimum atomic E-state index is 1.36. The Labute approximate surface area is 90.8 Å². The normalized spacial score (nSPS) is 10.7. The van der Waals surface area contributed by atoms with Gasteiger partial charge in [-0.05, 0) is 0 Å². The van der Waals surface area contributed by atoms with Crippen molar-refractivity contribution in [3.63, 3.8) is 0 Å². The summed E-state index contributed by atoms with van der Waals surface area (Å²) in [5.41, 5.74) is 0. The molecule has 0 fully saturated rings. The van der Waals surface area contributed by atoms with Gasteiger partial charge in [-0.2, -0.15) is 0 Å². The van der Waals surface area contributed by atoms with Crippen molar-refractivity contribution < 1.29 is 0 Å². The summed E-state index contributed by atoms with van der Waals surface area (Å²) in [6.07, 6.45) is 0. The first-order chi connectivity index (χ1) is 5.79. The molecule has 12 heavy (non-hydrogen) atoms. The maximum atomic E-state index is 2.18. The topological polar surface area (TPSA) is 0 Å². The predicted molar refractivity (Wildman–Crippen MR) is 54.7 cm³/mol. The minimum absolute atomic E-state index is 1.36. The number of fused-ring (bicyclic) bond motifs is 1. The monoisotopic (exact) mass is 140 g/mol. The fourth-order valence-corrected chi connectivity index (χ4v) is 1.60. The van der Waals surface area contributed by atoms with Crippen LogP contribution in [0, 0.1) is 0 Å². The quantitative estimate of drug-likeness (QED) is 0.465. The molecule has 0 unspecified atom stereocenters. The number of rotatable bonds is 0. The fraction of sp³-hybridized carbons (Fsp3) is 0. The van der Waals surface area contributed by atoms with Gasteiger partial charge in [-0.1, -0.05) is 0 Å². The van der Waals surface area contributed by atoms with Crippen LogP contribution in [-0.2, 0) is 0 Å². The first kappa shape index (κ1) is 8.49. The maximum absolute atomic E-state index is 2.18. The second-order valence-corrected chi connectivity index (χ2v) is 3.24. The molecule has 48 valence electrons. The number of hydrogen-bond donors (Lipinski definition) is 0. The number of benzene rings is 2. The van der Waals surface area contributed by atoms with Crippen LogP contribution in [0.25, 0.3) is 10.8 Å². The second-order valence-electron chi connectivity index (χ2n) is 3.24. The van der Waals surface area contributed by atoms with Crippen LogP contribution < -0.4 is 8.47 Å². The Morgan fingerprint density at radius 1 is 0.667 bits per heavy atom. The van der Waals surface area contributed by atoms with Crippen molar-refractivity contribution in [3.8, 4) is 0 Å². The van der Waals surface area contributed by atoms with Gasteiger partial charge in [0, 0.05) is 0 Å². The molecule has 2 heteroatoms. The van der Waals surface area contributed by atoms with E-state index in [1.807, 2.05) is 0 Å². The van der Waals surface area contributed by atoms with Crippen LogP contribution in [0.1, 0.15) is 0 Å². The van der Waals surface area contributed by atoms with Crippen LogP contribution in [0.15, 0.2) is 36.4 Å². The first-order valence-corrected chi connectivity index (χ1v) is 4.24. The van der Waals surface area contributed by atoms with E-state index in [1.165, 1.54) is 19.2 Å². The summed E-state index contributed by atoms with van der Waals surface area (Å²) in [5.74, 6) is 0. The Bertz CT molecular complexity index is 381. The SMILES string of the molecule is [Li][c]1cc[c]([Li])c2ccccc12. The standard InChI is InChI=1S/C10H6.2Li/c1-2-6-10-8-4-3-7-9(10)5-1;;/h1-6H;;. The molecule has 0 radical (unpaired) electrons. The van der Waals surface area contributed by atoms with Gasteiger partial charge in [0.2, 0.25) is 0 Å². The molecular formula is C10H6Li2. The van der Waals surface area contributed by atoms with Gasteiger partial charge < -0.3 is 0 Å². The summed E-state index contributed by atoms with van der Waals surface area (Å²) in [6.45, 7) is 0. The molecule has 0 nitrogen and oxygen atoms in total. The van der Waals surface area contributed by atoms with Gasteiger partial charge in [-0.25, -0.2) is 0 Å². The molecule has 0 aliphatic heterocycles. The summed E-state index contributed by atoms with van der Waals surface area (Å²) in [6, 6.07) is 12.9. The van der Waals surface area contributed by atoms with Gasteiger partial charge >= 0.3 is 91.1 Å². The molecule has 0 aliphatic rings. The van der Waals surface area contributed by atoms with E-state index in [4.69, 9.17) is 0 Å². The molecule has 2 aromatic rings. The van der Waals surface area contributed by atoms with Gasteiger partial charge in [0.05, 0.1) is 0 Å². The number of hydrogen-bond acceptors (Lipinski definition) is 0. The van der Waals surface area contributed by atoms with Crippen molar-refractivity contribution in [2.45, 2.75) is 0 Å². The van der Waals surface area contributed by atoms with Crippen molar-refractivity contribution in [1.82, 2.24) is 0 Å². The molecule has 0 amide bonds. The van der Waals surface area contributed by atoms with Gasteiger partial charge in [0.15, 0.2) is 0 Å². The van der Waals surface area contributed by atoms with Crippen molar-refractivity contribution >= 4 is 54.7 Å². The molecule has 0 N–H and O–H groups in total. The summed E-state index contributed by atoms with van der Waals surface area (Å²) in [4.78, 5) is 0. The average molecular weight is 140 g/mol. The van der Waals surface area contributed by atoms with E-state index in [1.54, 1.807) is 0 Å². The molecule has 0 saturated heterocycles. The van der Waals surface area contributed by atoms with Crippen LogP contribution in [0.2, 0.25) is 0 Å². The van der Waals surface area contributed by atoms with Crippen LogP contribution in [0.4, 0.5) is 0 Å². The van der Waals surface area contributed by atoms with E-state index >= 15 is 0 Å². The van der Waals surface area contributed by atoms with Crippen LogP contribution in [0.5, 0.6) is 0 Å². The Kier molecular flexibility index (Phi) is 2.36. The molecule has 0 atom stereocenters. The zero-order chi connectivity index (χ0) is 8.55. The molecular weight excluding hydrogens is 134 g/mol. The van der Waals surface area contributed by atoms with Crippen LogP contribution >= 0.6 is 0 Å². The van der Waals surface area contributed by atoms with E-state index in [0.717, 1.165) is 0 Å². The predicted octanol–water partition coefficient (Wildman–Crippen LogP) is 0.427. The van der Waals surface area contributed by atoms with Crippen molar-refractivity contribution in [1.29, 1.82) is 0 Å². The Hall–Kier alpha value is -0.105. The van der Waals surface area contributed by atoms with Gasteiger partial charge in [0.1, 0.15) is 0 Å². The van der Waals surface area contributed by atoms with E-state index in [-0.39, 0.29) is 0 Å². The zero-order valence-corrected chi connectivity index (χ0v) is 7.46. The molecule has 0 heterocycles. The Morgan fingerprint density at radius 3 is 1.50 bits per heavy atom. The summed E-state index contributed by atoms with van der Waals surface area (Å²) >= 11 is 4.31. The summed E-state index contributed by atoms with van der Waals surface area (Å²) in [7, 11) is 0. The van der Waals surface area contributed by atoms with E-state index in [9.17, 15) is 0 Å². The van der Waals surface area contributed by atoms with E-state index < -0.39 is 0 Å². The Morgan fingerprint density at radius 2 is 1.08 bits per heavy atom. The Balaban J connectivity index is 2.95. The first-order valence-electron chi connectivity index (χ1n) is 4.24. The van der Waals surface area contributed by atoms with Crippen molar-refractivity contribution in [2.24, 2.45) is 0 Å². The van der Waals surface area contributed by atoms with Crippen molar-refractivity contribution in [3.05, 3.63) is 36.4 Å². The molecule has 0 spiro atoms. The van der Waals surface area contributed by atoms with Crippen LogP contribution in [0.3, 0.4) is 0 Å². The zero-order valence-electron chi connectivity index (χ0n) is 7.46. The molecule has 0 saturated carbocycles. The van der Waals surface area contributed by atoms with Crippen molar-refractivity contribution in [2.75, 3.05) is 0 Å². The molecule has 2 rings (SSSR count). The van der Waals surface area contributed by atoms with E-state index in [0.29, 0.717) is 0 Å². The van der Waals surface area contributed by atoms with E-state index in [2.05, 4.69) is 71.8 Å². The summed E-state index contributed by atoms with van der Waals surface area (Å²) < 4.78 is 2.72. The molecule has 0 bridgehead atoms. The molecule has 2 aromatic carbocycles.